The summed E-state index contributed by atoms with van der Waals surface area (Å²) in [6.45, 7) is 6.61. The van der Waals surface area contributed by atoms with Crippen molar-refractivity contribution in [2.75, 3.05) is 20.2 Å². The third kappa shape index (κ3) is 6.03. The van der Waals surface area contributed by atoms with Crippen LogP contribution in [0.25, 0.3) is 0 Å². The van der Waals surface area contributed by atoms with E-state index in [1.807, 2.05) is 42.5 Å². The van der Waals surface area contributed by atoms with Crippen LogP contribution in [0.2, 0.25) is 0 Å². The predicted molar refractivity (Wildman–Crippen MR) is 133 cm³/mol. The van der Waals surface area contributed by atoms with Gasteiger partial charge in [-0.2, -0.15) is 0 Å². The van der Waals surface area contributed by atoms with Gasteiger partial charge in [-0.05, 0) is 66.6 Å². The quantitative estimate of drug-likeness (QED) is 0.515. The van der Waals surface area contributed by atoms with Gasteiger partial charge in [-0.3, -0.25) is 9.69 Å². The summed E-state index contributed by atoms with van der Waals surface area (Å²) in [5.41, 5.74) is 5.16. The molecule has 0 saturated carbocycles. The highest BCUT2D eigenvalue weighted by molar-refractivity contribution is 5.79. The second-order valence-corrected chi connectivity index (χ2v) is 9.39. The zero-order valence-corrected chi connectivity index (χ0v) is 20.2. The number of ether oxygens (including phenoxy) is 1. The number of hydrogen-bond donors (Lipinski definition) is 1. The van der Waals surface area contributed by atoms with Gasteiger partial charge in [0.25, 0.3) is 0 Å². The Hall–Kier alpha value is -3.18. The molecule has 0 aromatic heterocycles. The highest BCUT2D eigenvalue weighted by atomic mass is 19.1. The topological polar surface area (TPSA) is 41.6 Å². The summed E-state index contributed by atoms with van der Waals surface area (Å²) < 4.78 is 19.3. The van der Waals surface area contributed by atoms with Crippen molar-refractivity contribution in [2.24, 2.45) is 5.92 Å². The van der Waals surface area contributed by atoms with Gasteiger partial charge in [0.1, 0.15) is 11.6 Å². The Morgan fingerprint density at radius 3 is 2.59 bits per heavy atom. The van der Waals surface area contributed by atoms with Gasteiger partial charge >= 0.3 is 0 Å². The number of halogens is 1. The average Bonchev–Trinajstić information content (AvgIpc) is 2.84. The number of carbonyl (C=O) groups is 1. The molecule has 3 aromatic carbocycles. The minimum Gasteiger partial charge on any atom is -0.497 e. The summed E-state index contributed by atoms with van der Waals surface area (Å²) in [6, 6.07) is 21.6. The van der Waals surface area contributed by atoms with Gasteiger partial charge in [-0.1, -0.05) is 54.1 Å². The smallest absolute Gasteiger partial charge is 0.224 e. The SMILES string of the molecule is COc1cccc(CN2CC(C(=O)NCc3cccc(C)c3)CC(c3ccc(F)c(C)c3)C2)c1. The maximum absolute atomic E-state index is 13.9. The maximum Gasteiger partial charge on any atom is 0.224 e. The molecule has 178 valence electrons. The number of benzene rings is 3. The Bertz CT molecular complexity index is 1150. The number of carbonyl (C=O) groups excluding carboxylic acids is 1. The highest BCUT2D eigenvalue weighted by Crippen LogP contribution is 2.32. The van der Waals surface area contributed by atoms with E-state index in [-0.39, 0.29) is 23.6 Å². The standard InChI is InChI=1S/C29H33FN2O2/c1-20-6-4-7-22(12-20)16-31-29(33)26-15-25(24-10-11-28(30)21(2)13-24)18-32(19-26)17-23-8-5-9-27(14-23)34-3/h4-14,25-26H,15-19H2,1-3H3,(H,31,33). The van der Waals surface area contributed by atoms with Gasteiger partial charge in [0, 0.05) is 26.2 Å². The molecule has 4 rings (SSSR count). The van der Waals surface area contributed by atoms with Crippen molar-refractivity contribution in [2.45, 2.75) is 39.3 Å². The minimum atomic E-state index is -0.194. The number of likely N-dealkylation sites (tertiary alicyclic amines) is 1. The maximum atomic E-state index is 13.9. The average molecular weight is 461 g/mol. The lowest BCUT2D eigenvalue weighted by Gasteiger charge is -2.37. The van der Waals surface area contributed by atoms with E-state index in [1.165, 1.54) is 5.56 Å². The Kier molecular flexibility index (Phi) is 7.63. The second-order valence-electron chi connectivity index (χ2n) is 9.39. The zero-order valence-electron chi connectivity index (χ0n) is 20.2. The van der Waals surface area contributed by atoms with E-state index in [0.717, 1.165) is 42.0 Å². The van der Waals surface area contributed by atoms with Gasteiger partial charge < -0.3 is 10.1 Å². The van der Waals surface area contributed by atoms with Crippen LogP contribution in [0.5, 0.6) is 5.75 Å². The van der Waals surface area contributed by atoms with E-state index in [4.69, 9.17) is 4.74 Å². The molecule has 1 saturated heterocycles. The van der Waals surface area contributed by atoms with Gasteiger partial charge in [-0.15, -0.1) is 0 Å². The summed E-state index contributed by atoms with van der Waals surface area (Å²) in [7, 11) is 1.67. The third-order valence-corrected chi connectivity index (χ3v) is 6.64. The molecule has 0 aliphatic carbocycles. The summed E-state index contributed by atoms with van der Waals surface area (Å²) >= 11 is 0. The van der Waals surface area contributed by atoms with E-state index in [1.54, 1.807) is 20.1 Å². The fraction of sp³-hybridized carbons (Fsp3) is 0.345. The number of piperidine rings is 1. The van der Waals surface area contributed by atoms with Crippen molar-refractivity contribution in [3.8, 4) is 5.75 Å². The summed E-state index contributed by atoms with van der Waals surface area (Å²) in [6.07, 6.45) is 0.749. The molecule has 4 nitrogen and oxygen atoms in total. The van der Waals surface area contributed by atoms with E-state index < -0.39 is 0 Å². The Morgan fingerprint density at radius 1 is 1.03 bits per heavy atom. The second kappa shape index (κ2) is 10.8. The first-order valence-electron chi connectivity index (χ1n) is 11.9. The lowest BCUT2D eigenvalue weighted by atomic mass is 9.83. The van der Waals surface area contributed by atoms with E-state index in [2.05, 4.69) is 35.3 Å². The molecule has 1 heterocycles. The molecule has 2 atom stereocenters. The molecule has 0 radical (unpaired) electrons. The number of hydrogen-bond acceptors (Lipinski definition) is 3. The molecule has 5 heteroatoms. The fourth-order valence-corrected chi connectivity index (χ4v) is 4.86. The van der Waals surface area contributed by atoms with Crippen LogP contribution in [0.1, 0.15) is 40.2 Å². The molecule has 34 heavy (non-hydrogen) atoms. The Balaban J connectivity index is 1.51. The zero-order chi connectivity index (χ0) is 24.1. The van der Waals surface area contributed by atoms with Crippen LogP contribution in [0, 0.1) is 25.6 Å². The van der Waals surface area contributed by atoms with Gasteiger partial charge in [0.05, 0.1) is 13.0 Å². The Labute approximate surface area is 201 Å². The number of amides is 1. The molecule has 0 spiro atoms. The number of methoxy groups -OCH3 is 1. The van der Waals surface area contributed by atoms with Crippen LogP contribution >= 0.6 is 0 Å². The molecular formula is C29H33FN2O2. The lowest BCUT2D eigenvalue weighted by molar-refractivity contribution is -0.127. The number of nitrogens with one attached hydrogen (secondary N) is 1. The predicted octanol–water partition coefficient (Wildman–Crippen LogP) is 5.37. The first kappa shape index (κ1) is 24.0. The number of aryl methyl sites for hydroxylation is 2. The highest BCUT2D eigenvalue weighted by Gasteiger charge is 2.32. The molecule has 1 aliphatic heterocycles. The van der Waals surface area contributed by atoms with Crippen molar-refractivity contribution in [3.05, 3.63) is 100 Å². The third-order valence-electron chi connectivity index (χ3n) is 6.64. The van der Waals surface area contributed by atoms with E-state index in [0.29, 0.717) is 18.7 Å². The van der Waals surface area contributed by atoms with Gasteiger partial charge in [0.2, 0.25) is 5.91 Å². The largest absolute Gasteiger partial charge is 0.497 e. The van der Waals surface area contributed by atoms with E-state index >= 15 is 0 Å². The molecular weight excluding hydrogens is 427 g/mol. The van der Waals surface area contributed by atoms with Crippen LogP contribution in [0.3, 0.4) is 0 Å². The van der Waals surface area contributed by atoms with Crippen LogP contribution in [0.15, 0.2) is 66.7 Å². The van der Waals surface area contributed by atoms with Crippen molar-refractivity contribution in [1.82, 2.24) is 10.2 Å². The Morgan fingerprint density at radius 2 is 1.82 bits per heavy atom. The molecule has 1 fully saturated rings. The molecule has 2 unspecified atom stereocenters. The van der Waals surface area contributed by atoms with Gasteiger partial charge in [0.15, 0.2) is 0 Å². The molecule has 3 aromatic rings. The monoisotopic (exact) mass is 460 g/mol. The van der Waals surface area contributed by atoms with Crippen molar-refractivity contribution >= 4 is 5.91 Å². The number of rotatable bonds is 7. The van der Waals surface area contributed by atoms with Crippen LogP contribution in [-0.4, -0.2) is 31.0 Å². The normalized spacial score (nSPS) is 18.5. The fourth-order valence-electron chi connectivity index (χ4n) is 4.86. The van der Waals surface area contributed by atoms with Crippen molar-refractivity contribution < 1.29 is 13.9 Å². The van der Waals surface area contributed by atoms with Crippen LogP contribution < -0.4 is 10.1 Å². The first-order valence-corrected chi connectivity index (χ1v) is 11.9. The molecule has 1 aliphatic rings. The summed E-state index contributed by atoms with van der Waals surface area (Å²) in [4.78, 5) is 15.6. The van der Waals surface area contributed by atoms with Crippen LogP contribution in [0.4, 0.5) is 4.39 Å². The lowest BCUT2D eigenvalue weighted by Crippen LogP contribution is -2.45. The van der Waals surface area contributed by atoms with E-state index in [9.17, 15) is 9.18 Å². The number of nitrogens with zero attached hydrogens (tertiary/aromatic N) is 1. The summed E-state index contributed by atoms with van der Waals surface area (Å²) in [5.74, 6) is 0.724. The van der Waals surface area contributed by atoms with Crippen molar-refractivity contribution in [3.63, 3.8) is 0 Å². The molecule has 0 bridgehead atoms. The van der Waals surface area contributed by atoms with Crippen molar-refractivity contribution in [1.29, 1.82) is 0 Å². The van der Waals surface area contributed by atoms with Crippen LogP contribution in [-0.2, 0) is 17.9 Å². The van der Waals surface area contributed by atoms with Gasteiger partial charge in [-0.25, -0.2) is 4.39 Å². The minimum absolute atomic E-state index is 0.0701. The first-order chi connectivity index (χ1) is 16.4. The molecule has 1 N–H and O–H groups in total. The summed E-state index contributed by atoms with van der Waals surface area (Å²) in [5, 5.41) is 3.15. The molecule has 1 amide bonds.